The van der Waals surface area contributed by atoms with Gasteiger partial charge in [0.25, 0.3) is 0 Å². The first-order valence-electron chi connectivity index (χ1n) is 6.43. The third kappa shape index (κ3) is 2.60. The van der Waals surface area contributed by atoms with Crippen LogP contribution >= 0.6 is 23.1 Å². The van der Waals surface area contributed by atoms with Crippen molar-refractivity contribution in [3.8, 4) is 5.75 Å². The van der Waals surface area contributed by atoms with E-state index in [1.165, 1.54) is 9.77 Å². The van der Waals surface area contributed by atoms with Crippen LogP contribution in [0.4, 0.5) is 5.69 Å². The molecule has 0 bridgehead atoms. The fourth-order valence-electron chi connectivity index (χ4n) is 2.39. The molecule has 1 aromatic carbocycles. The van der Waals surface area contributed by atoms with E-state index in [1.807, 2.05) is 48.2 Å². The van der Waals surface area contributed by atoms with Gasteiger partial charge in [0.15, 0.2) is 0 Å². The molecule has 2 nitrogen and oxygen atoms in total. The number of phenolic OH excluding ortho intramolecular Hbond substituents is 1. The second-order valence-corrected chi connectivity index (χ2v) is 7.65. The molecule has 2 atom stereocenters. The molecule has 2 N–H and O–H groups in total. The number of fused-ring (bicyclic) bond motifs is 1. The van der Waals surface area contributed by atoms with Gasteiger partial charge in [0.05, 0.1) is 10.3 Å². The van der Waals surface area contributed by atoms with E-state index < -0.39 is 0 Å². The molecule has 2 aromatic rings. The molecule has 0 aliphatic carbocycles. The van der Waals surface area contributed by atoms with Crippen LogP contribution in [0.2, 0.25) is 0 Å². The first-order valence-corrected chi connectivity index (χ1v) is 8.19. The average Bonchev–Trinajstić information content (AvgIpc) is 2.82. The van der Waals surface area contributed by atoms with E-state index >= 15 is 0 Å². The van der Waals surface area contributed by atoms with Crippen LogP contribution in [0.15, 0.2) is 33.9 Å². The van der Waals surface area contributed by atoms with E-state index in [1.54, 1.807) is 0 Å². The van der Waals surface area contributed by atoms with Crippen molar-refractivity contribution in [2.75, 3.05) is 5.32 Å². The maximum absolute atomic E-state index is 9.79. The van der Waals surface area contributed by atoms with Gasteiger partial charge >= 0.3 is 0 Å². The second-order valence-electron chi connectivity index (χ2n) is 5.03. The number of thiophene rings is 1. The Kier molecular flexibility index (Phi) is 3.46. The highest BCUT2D eigenvalue weighted by Gasteiger charge is 2.26. The van der Waals surface area contributed by atoms with Crippen LogP contribution in [0.5, 0.6) is 5.75 Å². The third-order valence-electron chi connectivity index (χ3n) is 3.46. The fraction of sp³-hybridized carbons (Fsp3) is 0.333. The molecular formula is C15H17NOS2. The highest BCUT2D eigenvalue weighted by molar-refractivity contribution is 8.01. The molecule has 1 aliphatic rings. The Morgan fingerprint density at radius 1 is 1.32 bits per heavy atom. The number of hydrogen-bond acceptors (Lipinski definition) is 4. The van der Waals surface area contributed by atoms with Crippen molar-refractivity contribution in [1.29, 1.82) is 0 Å². The lowest BCUT2D eigenvalue weighted by Gasteiger charge is -2.28. The summed E-state index contributed by atoms with van der Waals surface area (Å²) in [4.78, 5) is 0. The Balaban J connectivity index is 1.86. The maximum Gasteiger partial charge on any atom is 0.120 e. The molecule has 100 valence electrons. The molecular weight excluding hydrogens is 274 g/mol. The van der Waals surface area contributed by atoms with Gasteiger partial charge in [0, 0.05) is 17.0 Å². The number of nitrogens with one attached hydrogen (secondary N) is 1. The molecule has 0 radical (unpaired) electrons. The number of rotatable bonds is 2. The van der Waals surface area contributed by atoms with Crippen molar-refractivity contribution in [1.82, 2.24) is 0 Å². The lowest BCUT2D eigenvalue weighted by atomic mass is 10.0. The minimum absolute atomic E-state index is 0.347. The highest BCUT2D eigenvalue weighted by atomic mass is 32.2. The summed E-state index contributed by atoms with van der Waals surface area (Å²) >= 11 is 3.79. The molecule has 19 heavy (non-hydrogen) atoms. The summed E-state index contributed by atoms with van der Waals surface area (Å²) in [5, 5.41) is 16.1. The lowest BCUT2D eigenvalue weighted by Crippen LogP contribution is -2.18. The Bertz CT molecular complexity index is 594. The van der Waals surface area contributed by atoms with Crippen LogP contribution in [0, 0.1) is 6.92 Å². The highest BCUT2D eigenvalue weighted by Crippen LogP contribution is 2.45. The van der Waals surface area contributed by atoms with Crippen LogP contribution in [-0.4, -0.2) is 10.4 Å². The zero-order chi connectivity index (χ0) is 13.4. The number of aryl methyl sites for hydroxylation is 1. The van der Waals surface area contributed by atoms with Crippen molar-refractivity contribution in [3.63, 3.8) is 0 Å². The largest absolute Gasteiger partial charge is 0.508 e. The van der Waals surface area contributed by atoms with E-state index in [-0.39, 0.29) is 0 Å². The van der Waals surface area contributed by atoms with Crippen LogP contribution in [-0.2, 0) is 0 Å². The summed E-state index contributed by atoms with van der Waals surface area (Å²) in [5.74, 6) is 0.355. The van der Waals surface area contributed by atoms with E-state index in [4.69, 9.17) is 0 Å². The predicted molar refractivity (Wildman–Crippen MR) is 83.5 cm³/mol. The van der Waals surface area contributed by atoms with Gasteiger partial charge in [0.1, 0.15) is 5.75 Å². The van der Waals surface area contributed by atoms with Crippen molar-refractivity contribution in [2.24, 2.45) is 0 Å². The summed E-state index contributed by atoms with van der Waals surface area (Å²) in [5.41, 5.74) is 3.30. The van der Waals surface area contributed by atoms with Crippen molar-refractivity contribution >= 4 is 28.8 Å². The van der Waals surface area contributed by atoms with Gasteiger partial charge in [-0.2, -0.15) is 0 Å². The zero-order valence-corrected chi connectivity index (χ0v) is 12.6. The van der Waals surface area contributed by atoms with Gasteiger partial charge in [-0.15, -0.1) is 23.1 Å². The van der Waals surface area contributed by atoms with Gasteiger partial charge < -0.3 is 10.4 Å². The quantitative estimate of drug-likeness (QED) is 0.833. The van der Waals surface area contributed by atoms with E-state index in [2.05, 4.69) is 23.7 Å². The Labute approximate surface area is 121 Å². The van der Waals surface area contributed by atoms with Crippen LogP contribution in [0.1, 0.15) is 30.5 Å². The lowest BCUT2D eigenvalue weighted by molar-refractivity contribution is 0.471. The average molecular weight is 291 g/mol. The number of aromatic hydroxyl groups is 1. The molecule has 0 amide bonds. The molecule has 2 heterocycles. The van der Waals surface area contributed by atoms with Crippen LogP contribution < -0.4 is 5.32 Å². The van der Waals surface area contributed by atoms with Crippen molar-refractivity contribution < 1.29 is 5.11 Å². The monoisotopic (exact) mass is 291 g/mol. The number of benzene rings is 1. The molecule has 0 saturated heterocycles. The molecule has 4 heteroatoms. The summed E-state index contributed by atoms with van der Waals surface area (Å²) in [7, 11) is 0. The minimum atomic E-state index is 0.347. The number of phenols is 1. The van der Waals surface area contributed by atoms with E-state index in [9.17, 15) is 5.11 Å². The molecule has 0 saturated carbocycles. The normalized spacial score (nSPS) is 22.0. The van der Waals surface area contributed by atoms with Crippen molar-refractivity contribution in [2.45, 2.75) is 35.8 Å². The number of thioether (sulfide) groups is 1. The van der Waals surface area contributed by atoms with Gasteiger partial charge in [-0.1, -0.05) is 13.0 Å². The molecule has 1 unspecified atom stereocenters. The predicted octanol–water partition coefficient (Wildman–Crippen LogP) is 4.80. The standard InChI is InChI=1S/C15H17NOS2/c1-9-3-4-11(8-14(9)17)16-13-7-10(2)19-15-12(13)5-6-18-15/h3-6,8,10,13,16-17H,7H2,1-2H3/t10-,13?/m0/s1. The van der Waals surface area contributed by atoms with Gasteiger partial charge in [-0.05, 0) is 42.0 Å². The Hall–Kier alpha value is -1.13. The maximum atomic E-state index is 9.79. The molecule has 0 fully saturated rings. The van der Waals surface area contributed by atoms with Crippen LogP contribution in [0.3, 0.4) is 0 Å². The van der Waals surface area contributed by atoms with Crippen molar-refractivity contribution in [3.05, 3.63) is 40.8 Å². The van der Waals surface area contributed by atoms with Gasteiger partial charge in [-0.3, -0.25) is 0 Å². The molecule has 3 rings (SSSR count). The van der Waals surface area contributed by atoms with Crippen LogP contribution in [0.25, 0.3) is 0 Å². The SMILES string of the molecule is Cc1ccc(NC2C[C@H](C)Sc3sccc32)cc1O. The van der Waals surface area contributed by atoms with Gasteiger partial charge in [0.2, 0.25) is 0 Å². The fourth-order valence-corrected chi connectivity index (χ4v) is 4.95. The summed E-state index contributed by atoms with van der Waals surface area (Å²) in [6.45, 7) is 4.18. The van der Waals surface area contributed by atoms with E-state index in [0.29, 0.717) is 17.0 Å². The first kappa shape index (κ1) is 12.9. The minimum Gasteiger partial charge on any atom is -0.508 e. The number of hydrogen-bond donors (Lipinski definition) is 2. The number of anilines is 1. The topological polar surface area (TPSA) is 32.3 Å². The molecule has 1 aliphatic heterocycles. The Morgan fingerprint density at radius 2 is 2.16 bits per heavy atom. The van der Waals surface area contributed by atoms with E-state index in [0.717, 1.165) is 17.7 Å². The second kappa shape index (κ2) is 5.10. The smallest absolute Gasteiger partial charge is 0.120 e. The first-order chi connectivity index (χ1) is 9.13. The summed E-state index contributed by atoms with van der Waals surface area (Å²) in [6.07, 6.45) is 1.11. The molecule has 0 spiro atoms. The summed E-state index contributed by atoms with van der Waals surface area (Å²) in [6, 6.07) is 8.36. The van der Waals surface area contributed by atoms with Gasteiger partial charge in [-0.25, -0.2) is 0 Å². The molecule has 1 aromatic heterocycles. The zero-order valence-electron chi connectivity index (χ0n) is 11.0. The third-order valence-corrected chi connectivity index (χ3v) is 5.80. The summed E-state index contributed by atoms with van der Waals surface area (Å²) < 4.78 is 1.42. The Morgan fingerprint density at radius 3 is 2.95 bits per heavy atom.